The van der Waals surface area contributed by atoms with Crippen molar-refractivity contribution in [2.45, 2.75) is 32.7 Å². The molecule has 0 saturated heterocycles. The number of nitrogens with one attached hydrogen (secondary N) is 1. The van der Waals surface area contributed by atoms with Crippen molar-refractivity contribution in [2.75, 3.05) is 0 Å². The molecule has 2 rings (SSSR count). The number of hydrazine groups is 1. The van der Waals surface area contributed by atoms with Gasteiger partial charge in [0.1, 0.15) is 5.82 Å². The molecule has 1 aromatic carbocycles. The van der Waals surface area contributed by atoms with Crippen LogP contribution in [0.4, 0.5) is 4.39 Å². The maximum absolute atomic E-state index is 13.4. The average Bonchev–Trinajstić information content (AvgIpc) is 2.48. The van der Waals surface area contributed by atoms with E-state index in [2.05, 4.69) is 23.4 Å². The third-order valence-electron chi connectivity index (χ3n) is 3.53. The number of benzene rings is 1. The second-order valence-corrected chi connectivity index (χ2v) is 4.94. The quantitative estimate of drug-likeness (QED) is 0.650. The van der Waals surface area contributed by atoms with Crippen molar-refractivity contribution in [3.63, 3.8) is 0 Å². The number of aromatic nitrogens is 1. The van der Waals surface area contributed by atoms with Gasteiger partial charge in [-0.2, -0.15) is 0 Å². The summed E-state index contributed by atoms with van der Waals surface area (Å²) in [5.41, 5.74) is 6.78. The number of hydrogen-bond donors (Lipinski definition) is 2. The molecule has 3 N–H and O–H groups in total. The minimum Gasteiger partial charge on any atom is -0.271 e. The highest BCUT2D eigenvalue weighted by Crippen LogP contribution is 2.21. The minimum absolute atomic E-state index is 0.148. The van der Waals surface area contributed by atoms with Crippen LogP contribution in [0.5, 0.6) is 0 Å². The zero-order chi connectivity index (χ0) is 14.5. The molecular formula is C16H20FN3. The molecule has 106 valence electrons. The second-order valence-electron chi connectivity index (χ2n) is 4.94. The monoisotopic (exact) mass is 273 g/mol. The molecule has 0 aliphatic rings. The standard InChI is InChI=1S/C16H20FN3/c1-3-12-5-7-14(19-10-12)9-16(20-18)15-8-13(17)6-4-11(15)2/h4-8,10,16,20H,3,9,18H2,1-2H3. The Morgan fingerprint density at radius 3 is 2.70 bits per heavy atom. The van der Waals surface area contributed by atoms with Crippen LogP contribution in [0.25, 0.3) is 0 Å². The zero-order valence-corrected chi connectivity index (χ0v) is 11.9. The van der Waals surface area contributed by atoms with Crippen molar-refractivity contribution in [3.8, 4) is 0 Å². The lowest BCUT2D eigenvalue weighted by molar-refractivity contribution is 0.536. The van der Waals surface area contributed by atoms with Crippen molar-refractivity contribution < 1.29 is 4.39 Å². The van der Waals surface area contributed by atoms with Crippen molar-refractivity contribution in [1.82, 2.24) is 10.4 Å². The number of aryl methyl sites for hydroxylation is 2. The molecule has 0 saturated carbocycles. The lowest BCUT2D eigenvalue weighted by Gasteiger charge is -2.18. The molecule has 4 heteroatoms. The lowest BCUT2D eigenvalue weighted by atomic mass is 9.97. The summed E-state index contributed by atoms with van der Waals surface area (Å²) in [5.74, 6) is 5.38. The summed E-state index contributed by atoms with van der Waals surface area (Å²) in [6.07, 6.45) is 3.47. The van der Waals surface area contributed by atoms with E-state index in [0.29, 0.717) is 6.42 Å². The molecule has 3 nitrogen and oxygen atoms in total. The van der Waals surface area contributed by atoms with Crippen molar-refractivity contribution in [2.24, 2.45) is 5.84 Å². The fraction of sp³-hybridized carbons (Fsp3) is 0.312. The molecule has 0 amide bonds. The van der Waals surface area contributed by atoms with E-state index in [1.807, 2.05) is 19.2 Å². The first-order valence-electron chi connectivity index (χ1n) is 6.80. The summed E-state index contributed by atoms with van der Waals surface area (Å²) < 4.78 is 13.4. The van der Waals surface area contributed by atoms with Crippen molar-refractivity contribution in [1.29, 1.82) is 0 Å². The lowest BCUT2D eigenvalue weighted by Crippen LogP contribution is -2.30. The molecular weight excluding hydrogens is 253 g/mol. The largest absolute Gasteiger partial charge is 0.271 e. The molecule has 1 atom stereocenters. The number of hydrogen-bond acceptors (Lipinski definition) is 3. The molecule has 0 spiro atoms. The Morgan fingerprint density at radius 2 is 2.10 bits per heavy atom. The topological polar surface area (TPSA) is 50.9 Å². The third-order valence-corrected chi connectivity index (χ3v) is 3.53. The fourth-order valence-corrected chi connectivity index (χ4v) is 2.24. The summed E-state index contributed by atoms with van der Waals surface area (Å²) >= 11 is 0. The average molecular weight is 273 g/mol. The van der Waals surface area contributed by atoms with Gasteiger partial charge in [0.2, 0.25) is 0 Å². The van der Waals surface area contributed by atoms with Crippen molar-refractivity contribution in [3.05, 3.63) is 64.7 Å². The van der Waals surface area contributed by atoms with Crippen LogP contribution in [0.15, 0.2) is 36.5 Å². The highest BCUT2D eigenvalue weighted by Gasteiger charge is 2.14. The first-order valence-corrected chi connectivity index (χ1v) is 6.80. The summed E-state index contributed by atoms with van der Waals surface area (Å²) in [6.45, 7) is 4.05. The van der Waals surface area contributed by atoms with E-state index in [-0.39, 0.29) is 11.9 Å². The van der Waals surface area contributed by atoms with Gasteiger partial charge < -0.3 is 0 Å². The number of rotatable bonds is 5. The first-order chi connectivity index (χ1) is 9.63. The first kappa shape index (κ1) is 14.6. The van der Waals surface area contributed by atoms with Crippen LogP contribution in [0.3, 0.4) is 0 Å². The molecule has 0 radical (unpaired) electrons. The maximum Gasteiger partial charge on any atom is 0.123 e. The molecule has 1 unspecified atom stereocenters. The Labute approximate surface area is 119 Å². The molecule has 0 aliphatic heterocycles. The van der Waals surface area contributed by atoms with Crippen LogP contribution in [0.2, 0.25) is 0 Å². The predicted octanol–water partition coefficient (Wildman–Crippen LogP) is 2.84. The van der Waals surface area contributed by atoms with Gasteiger partial charge in [-0.1, -0.05) is 19.1 Å². The molecule has 1 heterocycles. The Kier molecular flexibility index (Phi) is 4.82. The smallest absolute Gasteiger partial charge is 0.123 e. The van der Waals surface area contributed by atoms with Gasteiger partial charge in [-0.15, -0.1) is 0 Å². The van der Waals surface area contributed by atoms with E-state index in [1.165, 1.54) is 17.7 Å². The number of pyridine rings is 1. The predicted molar refractivity (Wildman–Crippen MR) is 78.5 cm³/mol. The highest BCUT2D eigenvalue weighted by atomic mass is 19.1. The minimum atomic E-state index is -0.250. The van der Waals surface area contributed by atoms with Gasteiger partial charge in [0.15, 0.2) is 0 Å². The molecule has 2 aromatic rings. The van der Waals surface area contributed by atoms with Crippen LogP contribution in [-0.4, -0.2) is 4.98 Å². The van der Waals surface area contributed by atoms with Gasteiger partial charge in [-0.25, -0.2) is 4.39 Å². The number of nitrogens with two attached hydrogens (primary N) is 1. The van der Waals surface area contributed by atoms with Crippen LogP contribution in [0, 0.1) is 12.7 Å². The van der Waals surface area contributed by atoms with E-state index < -0.39 is 0 Å². The zero-order valence-electron chi connectivity index (χ0n) is 11.9. The van der Waals surface area contributed by atoms with E-state index in [0.717, 1.165) is 23.2 Å². The fourth-order valence-electron chi connectivity index (χ4n) is 2.24. The molecule has 0 bridgehead atoms. The summed E-state index contributed by atoms with van der Waals surface area (Å²) in [7, 11) is 0. The molecule has 0 fully saturated rings. The molecule has 20 heavy (non-hydrogen) atoms. The van der Waals surface area contributed by atoms with Gasteiger partial charge in [-0.05, 0) is 48.2 Å². The van der Waals surface area contributed by atoms with Crippen LogP contribution in [-0.2, 0) is 12.8 Å². The number of nitrogens with zero attached hydrogens (tertiary/aromatic N) is 1. The van der Waals surface area contributed by atoms with Gasteiger partial charge >= 0.3 is 0 Å². The maximum atomic E-state index is 13.4. The van der Waals surface area contributed by atoms with Crippen molar-refractivity contribution >= 4 is 0 Å². The van der Waals surface area contributed by atoms with E-state index in [9.17, 15) is 4.39 Å². The normalized spacial score (nSPS) is 12.4. The Morgan fingerprint density at radius 1 is 1.30 bits per heavy atom. The van der Waals surface area contributed by atoms with Gasteiger partial charge in [0.25, 0.3) is 0 Å². The van der Waals surface area contributed by atoms with E-state index in [1.54, 1.807) is 6.07 Å². The summed E-state index contributed by atoms with van der Waals surface area (Å²) in [6, 6.07) is 8.67. The van der Waals surface area contributed by atoms with Gasteiger partial charge in [-0.3, -0.25) is 16.3 Å². The molecule has 0 aliphatic carbocycles. The second kappa shape index (κ2) is 6.59. The highest BCUT2D eigenvalue weighted by molar-refractivity contribution is 5.30. The van der Waals surface area contributed by atoms with Gasteiger partial charge in [0.05, 0.1) is 6.04 Å². The van der Waals surface area contributed by atoms with Crippen LogP contribution < -0.4 is 11.3 Å². The SMILES string of the molecule is CCc1ccc(CC(NN)c2cc(F)ccc2C)nc1. The number of halogens is 1. The third kappa shape index (κ3) is 3.40. The van der Waals surface area contributed by atoms with Crippen LogP contribution in [0.1, 0.15) is 35.3 Å². The van der Waals surface area contributed by atoms with E-state index >= 15 is 0 Å². The Balaban J connectivity index is 2.21. The van der Waals surface area contributed by atoms with Crippen LogP contribution >= 0.6 is 0 Å². The Hall–Kier alpha value is -1.78. The molecule has 1 aromatic heterocycles. The Bertz CT molecular complexity index is 566. The van der Waals surface area contributed by atoms with E-state index in [4.69, 9.17) is 5.84 Å². The van der Waals surface area contributed by atoms with Gasteiger partial charge in [0, 0.05) is 18.3 Å². The summed E-state index contributed by atoms with van der Waals surface area (Å²) in [5, 5.41) is 0. The summed E-state index contributed by atoms with van der Waals surface area (Å²) in [4.78, 5) is 4.43.